The summed E-state index contributed by atoms with van der Waals surface area (Å²) in [6, 6.07) is 5.30. The van der Waals surface area contributed by atoms with Crippen LogP contribution in [-0.2, 0) is 9.59 Å². The highest BCUT2D eigenvalue weighted by Gasteiger charge is 2.42. The third-order valence-corrected chi connectivity index (χ3v) is 4.74. The molecule has 1 aliphatic rings. The maximum absolute atomic E-state index is 12.4. The van der Waals surface area contributed by atoms with Crippen molar-refractivity contribution in [1.29, 1.82) is 0 Å². The van der Waals surface area contributed by atoms with Gasteiger partial charge in [-0.3, -0.25) is 9.59 Å². The number of halogens is 1. The largest absolute Gasteiger partial charge is 0.481 e. The lowest BCUT2D eigenvalue weighted by molar-refractivity contribution is -0.145. The van der Waals surface area contributed by atoms with E-state index in [0.29, 0.717) is 29.5 Å². The molecule has 0 aromatic heterocycles. The molecule has 0 heterocycles. The summed E-state index contributed by atoms with van der Waals surface area (Å²) in [5, 5.41) is 12.7. The lowest BCUT2D eigenvalue weighted by Gasteiger charge is -2.16. The normalized spacial score (nSPS) is 24.8. The summed E-state index contributed by atoms with van der Waals surface area (Å²) in [5.41, 5.74) is 1.55. The molecule has 1 unspecified atom stereocenters. The number of benzene rings is 1. The van der Waals surface area contributed by atoms with Gasteiger partial charge in [0.1, 0.15) is 0 Å². The van der Waals surface area contributed by atoms with E-state index in [1.165, 1.54) is 0 Å². The van der Waals surface area contributed by atoms with Gasteiger partial charge in [0.2, 0.25) is 5.91 Å². The molecule has 0 spiro atoms. The molecule has 1 aliphatic carbocycles. The van der Waals surface area contributed by atoms with Gasteiger partial charge < -0.3 is 10.4 Å². The van der Waals surface area contributed by atoms with Gasteiger partial charge in [0.15, 0.2) is 0 Å². The van der Waals surface area contributed by atoms with Crippen molar-refractivity contribution >= 4 is 29.2 Å². The van der Waals surface area contributed by atoms with E-state index in [1.54, 1.807) is 12.1 Å². The van der Waals surface area contributed by atoms with Crippen LogP contribution < -0.4 is 5.32 Å². The highest BCUT2D eigenvalue weighted by molar-refractivity contribution is 6.31. The third-order valence-electron chi connectivity index (χ3n) is 4.33. The number of carboxylic acids is 1. The maximum Gasteiger partial charge on any atom is 0.307 e. The average molecular weight is 310 g/mol. The Bertz CT molecular complexity index is 558. The minimum atomic E-state index is -0.881. The zero-order chi connectivity index (χ0) is 15.6. The number of nitrogens with one attached hydrogen (secondary N) is 1. The van der Waals surface area contributed by atoms with Crippen LogP contribution in [0, 0.1) is 24.7 Å². The first-order valence-electron chi connectivity index (χ1n) is 7.22. The van der Waals surface area contributed by atoms with Crippen LogP contribution in [0.25, 0.3) is 0 Å². The molecule has 114 valence electrons. The molecule has 4 nitrogen and oxygen atoms in total. The maximum atomic E-state index is 12.4. The molecule has 0 bridgehead atoms. The lowest BCUT2D eigenvalue weighted by Crippen LogP contribution is -2.30. The second kappa shape index (κ2) is 6.48. The molecule has 5 heteroatoms. The Morgan fingerprint density at radius 1 is 1.33 bits per heavy atom. The molecule has 21 heavy (non-hydrogen) atoms. The monoisotopic (exact) mass is 309 g/mol. The molecule has 1 saturated carbocycles. The Morgan fingerprint density at radius 3 is 2.57 bits per heavy atom. The summed E-state index contributed by atoms with van der Waals surface area (Å²) >= 11 is 6.04. The number of carbonyl (C=O) groups excluding carboxylic acids is 1. The molecule has 0 radical (unpaired) electrons. The van der Waals surface area contributed by atoms with Gasteiger partial charge in [-0.15, -0.1) is 0 Å². The summed E-state index contributed by atoms with van der Waals surface area (Å²) in [7, 11) is 0. The van der Waals surface area contributed by atoms with E-state index in [0.717, 1.165) is 12.0 Å². The van der Waals surface area contributed by atoms with Crippen LogP contribution in [0.15, 0.2) is 18.2 Å². The van der Waals surface area contributed by atoms with Crippen molar-refractivity contribution < 1.29 is 14.7 Å². The molecule has 1 fully saturated rings. The Morgan fingerprint density at radius 2 is 2.00 bits per heavy atom. The van der Waals surface area contributed by atoms with Gasteiger partial charge >= 0.3 is 5.97 Å². The van der Waals surface area contributed by atoms with Crippen molar-refractivity contribution in [2.45, 2.75) is 33.1 Å². The SMILES string of the molecule is CCC1C[C@H](C(=O)Nc2ccc(C)c(Cl)c2)[C@H](C(=O)O)C1. The molecule has 3 atom stereocenters. The van der Waals surface area contributed by atoms with E-state index in [9.17, 15) is 14.7 Å². The number of amides is 1. The van der Waals surface area contributed by atoms with Crippen molar-refractivity contribution in [2.24, 2.45) is 17.8 Å². The van der Waals surface area contributed by atoms with E-state index in [-0.39, 0.29) is 5.91 Å². The number of aliphatic carboxylic acids is 1. The molecular formula is C16H20ClNO3. The second-order valence-electron chi connectivity index (χ2n) is 5.75. The molecule has 1 aromatic rings. The number of carbonyl (C=O) groups is 2. The van der Waals surface area contributed by atoms with Gasteiger partial charge in [-0.25, -0.2) is 0 Å². The van der Waals surface area contributed by atoms with Gasteiger partial charge in [0, 0.05) is 10.7 Å². The van der Waals surface area contributed by atoms with Gasteiger partial charge in [-0.05, 0) is 43.4 Å². The molecule has 2 rings (SSSR count). The van der Waals surface area contributed by atoms with Crippen LogP contribution >= 0.6 is 11.6 Å². The van der Waals surface area contributed by atoms with Crippen molar-refractivity contribution in [1.82, 2.24) is 0 Å². The zero-order valence-electron chi connectivity index (χ0n) is 12.2. The first-order valence-corrected chi connectivity index (χ1v) is 7.60. The topological polar surface area (TPSA) is 66.4 Å². The van der Waals surface area contributed by atoms with Crippen molar-refractivity contribution in [3.05, 3.63) is 28.8 Å². The van der Waals surface area contributed by atoms with Gasteiger partial charge in [0.25, 0.3) is 0 Å². The Labute approximate surface area is 129 Å². The van der Waals surface area contributed by atoms with Gasteiger partial charge in [-0.2, -0.15) is 0 Å². The van der Waals surface area contributed by atoms with E-state index >= 15 is 0 Å². The Hall–Kier alpha value is -1.55. The van der Waals surface area contributed by atoms with E-state index in [4.69, 9.17) is 11.6 Å². The smallest absolute Gasteiger partial charge is 0.307 e. The average Bonchev–Trinajstić information content (AvgIpc) is 2.87. The first kappa shape index (κ1) is 15.8. The number of aryl methyl sites for hydroxylation is 1. The summed E-state index contributed by atoms with van der Waals surface area (Å²) < 4.78 is 0. The van der Waals surface area contributed by atoms with Crippen LogP contribution in [0.4, 0.5) is 5.69 Å². The minimum Gasteiger partial charge on any atom is -0.481 e. The van der Waals surface area contributed by atoms with Crippen LogP contribution in [0.3, 0.4) is 0 Å². The van der Waals surface area contributed by atoms with Gasteiger partial charge in [-0.1, -0.05) is 31.0 Å². The minimum absolute atomic E-state index is 0.224. The molecule has 2 N–H and O–H groups in total. The quantitative estimate of drug-likeness (QED) is 0.890. The highest BCUT2D eigenvalue weighted by Crippen LogP contribution is 2.39. The third kappa shape index (κ3) is 3.56. The van der Waals surface area contributed by atoms with Crippen LogP contribution in [0.1, 0.15) is 31.7 Å². The van der Waals surface area contributed by atoms with Gasteiger partial charge in [0.05, 0.1) is 11.8 Å². The van der Waals surface area contributed by atoms with Crippen molar-refractivity contribution in [3.63, 3.8) is 0 Å². The molecular weight excluding hydrogens is 290 g/mol. The fraction of sp³-hybridized carbons (Fsp3) is 0.500. The molecule has 0 aliphatic heterocycles. The first-order chi connectivity index (χ1) is 9.92. The zero-order valence-corrected chi connectivity index (χ0v) is 13.0. The number of carboxylic acid groups (broad SMARTS) is 1. The fourth-order valence-electron chi connectivity index (χ4n) is 2.94. The number of hydrogen-bond donors (Lipinski definition) is 2. The Balaban J connectivity index is 2.11. The number of rotatable bonds is 4. The summed E-state index contributed by atoms with van der Waals surface area (Å²) in [6.45, 7) is 3.92. The number of anilines is 1. The van der Waals surface area contributed by atoms with Crippen LogP contribution in [0.5, 0.6) is 0 Å². The Kier molecular flexibility index (Phi) is 4.88. The van der Waals surface area contributed by atoms with Crippen molar-refractivity contribution in [2.75, 3.05) is 5.32 Å². The highest BCUT2D eigenvalue weighted by atomic mass is 35.5. The van der Waals surface area contributed by atoms with Crippen LogP contribution in [0.2, 0.25) is 5.02 Å². The predicted octanol–water partition coefficient (Wildman–Crippen LogP) is 3.72. The van der Waals surface area contributed by atoms with E-state index in [2.05, 4.69) is 5.32 Å². The number of hydrogen-bond acceptors (Lipinski definition) is 2. The fourth-order valence-corrected chi connectivity index (χ4v) is 3.13. The van der Waals surface area contributed by atoms with E-state index in [1.807, 2.05) is 19.9 Å². The summed E-state index contributed by atoms with van der Waals surface area (Å²) in [6.07, 6.45) is 2.13. The predicted molar refractivity (Wildman–Crippen MR) is 82.4 cm³/mol. The van der Waals surface area contributed by atoms with Crippen molar-refractivity contribution in [3.8, 4) is 0 Å². The second-order valence-corrected chi connectivity index (χ2v) is 6.16. The standard InChI is InChI=1S/C16H20ClNO3/c1-3-10-6-12(13(7-10)16(20)21)15(19)18-11-5-4-9(2)14(17)8-11/h4-5,8,10,12-13H,3,6-7H2,1-2H3,(H,18,19)(H,20,21)/t10?,12-,13+/m0/s1. The van der Waals surface area contributed by atoms with Crippen LogP contribution in [-0.4, -0.2) is 17.0 Å². The molecule has 1 aromatic carbocycles. The summed E-state index contributed by atoms with van der Waals surface area (Å²) in [5.74, 6) is -1.85. The van der Waals surface area contributed by atoms with E-state index < -0.39 is 17.8 Å². The summed E-state index contributed by atoms with van der Waals surface area (Å²) in [4.78, 5) is 23.7. The molecule has 1 amide bonds. The molecule has 0 saturated heterocycles. The lowest BCUT2D eigenvalue weighted by atomic mass is 9.95.